The highest BCUT2D eigenvalue weighted by Gasteiger charge is 2.12. The molecular weight excluding hydrogens is 436 g/mol. The molecule has 0 unspecified atom stereocenters. The van der Waals surface area contributed by atoms with Crippen molar-refractivity contribution in [1.29, 1.82) is 0 Å². The molecule has 0 saturated heterocycles. The molecule has 0 saturated carbocycles. The lowest BCUT2D eigenvalue weighted by Gasteiger charge is -2.13. The van der Waals surface area contributed by atoms with Crippen LogP contribution in [0.1, 0.15) is 18.3 Å². The van der Waals surface area contributed by atoms with Crippen LogP contribution in [0.2, 0.25) is 5.02 Å². The number of amidine groups is 1. The SMILES string of the molecule is CCc1nc2ccccc2c(=O)n1/N=C(\N=Nc1ccc(Cl)cc1)c1ccc(N(C)C)cc1. The molecule has 0 atom stereocenters. The second-order valence-electron chi connectivity index (χ2n) is 7.56. The summed E-state index contributed by atoms with van der Waals surface area (Å²) < 4.78 is 1.32. The van der Waals surface area contributed by atoms with E-state index in [4.69, 9.17) is 11.6 Å². The van der Waals surface area contributed by atoms with E-state index < -0.39 is 0 Å². The molecule has 0 radical (unpaired) electrons. The van der Waals surface area contributed by atoms with Gasteiger partial charge in [-0.2, -0.15) is 4.68 Å². The zero-order chi connectivity index (χ0) is 23.4. The number of benzene rings is 3. The average molecular weight is 459 g/mol. The van der Waals surface area contributed by atoms with Gasteiger partial charge in [0.15, 0.2) is 0 Å². The normalized spacial score (nSPS) is 11.9. The molecule has 4 rings (SSSR count). The fourth-order valence-electron chi connectivity index (χ4n) is 3.25. The summed E-state index contributed by atoms with van der Waals surface area (Å²) in [6.07, 6.45) is 0.532. The van der Waals surface area contributed by atoms with E-state index in [0.717, 1.165) is 11.3 Å². The molecule has 0 N–H and O–H groups in total. The molecule has 33 heavy (non-hydrogen) atoms. The monoisotopic (exact) mass is 458 g/mol. The van der Waals surface area contributed by atoms with Gasteiger partial charge in [-0.1, -0.05) is 30.7 Å². The first-order chi connectivity index (χ1) is 16.0. The molecule has 0 fully saturated rings. The molecule has 0 amide bonds. The van der Waals surface area contributed by atoms with Gasteiger partial charge in [0.25, 0.3) is 5.56 Å². The number of aryl methyl sites for hydroxylation is 1. The summed E-state index contributed by atoms with van der Waals surface area (Å²) in [6.45, 7) is 1.93. The highest BCUT2D eigenvalue weighted by atomic mass is 35.5. The molecular formula is C25H23ClN6O. The van der Waals surface area contributed by atoms with Gasteiger partial charge in [0, 0.05) is 36.8 Å². The van der Waals surface area contributed by atoms with Crippen LogP contribution in [0.5, 0.6) is 0 Å². The van der Waals surface area contributed by atoms with Crippen molar-refractivity contribution in [3.8, 4) is 0 Å². The summed E-state index contributed by atoms with van der Waals surface area (Å²) in [4.78, 5) is 19.9. The van der Waals surface area contributed by atoms with E-state index in [9.17, 15) is 4.79 Å². The summed E-state index contributed by atoms with van der Waals surface area (Å²) in [6, 6.07) is 22.0. The molecule has 0 aliphatic carbocycles. The van der Waals surface area contributed by atoms with Crippen LogP contribution in [0, 0.1) is 0 Å². The first-order valence-corrected chi connectivity index (χ1v) is 10.9. The fourth-order valence-corrected chi connectivity index (χ4v) is 3.38. The Kier molecular flexibility index (Phi) is 6.60. The molecule has 7 nitrogen and oxygen atoms in total. The number of hydrogen-bond donors (Lipinski definition) is 0. The van der Waals surface area contributed by atoms with Crippen LogP contribution >= 0.6 is 11.6 Å². The van der Waals surface area contributed by atoms with Gasteiger partial charge in [-0.15, -0.1) is 15.3 Å². The second kappa shape index (κ2) is 9.75. The van der Waals surface area contributed by atoms with Crippen molar-refractivity contribution < 1.29 is 0 Å². The van der Waals surface area contributed by atoms with Crippen LogP contribution in [-0.4, -0.2) is 29.6 Å². The van der Waals surface area contributed by atoms with Crippen LogP contribution in [-0.2, 0) is 6.42 Å². The highest BCUT2D eigenvalue weighted by Crippen LogP contribution is 2.19. The Morgan fingerprint density at radius 2 is 1.70 bits per heavy atom. The second-order valence-corrected chi connectivity index (χ2v) is 7.99. The van der Waals surface area contributed by atoms with E-state index in [-0.39, 0.29) is 5.56 Å². The van der Waals surface area contributed by atoms with E-state index in [1.165, 1.54) is 4.68 Å². The van der Waals surface area contributed by atoms with Crippen molar-refractivity contribution in [3.63, 3.8) is 0 Å². The standard InChI is InChI=1S/C25H23ClN6O/c1-4-23-27-22-8-6-5-7-21(22)25(33)32(23)30-24(17-9-15-20(16-10-17)31(2)3)29-28-19-13-11-18(26)12-14-19/h5-16H,4H2,1-3H3/b29-28?,30-24-. The third-order valence-corrected chi connectivity index (χ3v) is 5.31. The number of aromatic nitrogens is 2. The lowest BCUT2D eigenvalue weighted by molar-refractivity contribution is 0.729. The number of fused-ring (bicyclic) bond motifs is 1. The van der Waals surface area contributed by atoms with Crippen LogP contribution in [0.4, 0.5) is 11.4 Å². The van der Waals surface area contributed by atoms with Crippen molar-refractivity contribution in [3.05, 3.63) is 99.6 Å². The smallest absolute Gasteiger partial charge is 0.282 e. The van der Waals surface area contributed by atoms with E-state index >= 15 is 0 Å². The Labute approximate surface area is 196 Å². The fraction of sp³-hybridized carbons (Fsp3) is 0.160. The van der Waals surface area contributed by atoms with Gasteiger partial charge in [0.1, 0.15) is 5.82 Å². The Hall–Kier alpha value is -3.84. The molecule has 0 aliphatic heterocycles. The van der Waals surface area contributed by atoms with Gasteiger partial charge in [-0.25, -0.2) is 4.98 Å². The van der Waals surface area contributed by atoms with E-state index in [1.807, 2.05) is 68.4 Å². The molecule has 8 heteroatoms. The molecule has 166 valence electrons. The van der Waals surface area contributed by atoms with Crippen LogP contribution in [0.25, 0.3) is 10.9 Å². The quantitative estimate of drug-likeness (QED) is 0.219. The predicted octanol–water partition coefficient (Wildman–Crippen LogP) is 5.67. The third kappa shape index (κ3) is 4.99. The van der Waals surface area contributed by atoms with Gasteiger partial charge in [-0.3, -0.25) is 4.79 Å². The maximum Gasteiger partial charge on any atom is 0.282 e. The number of hydrogen-bond acceptors (Lipinski definition) is 5. The van der Waals surface area contributed by atoms with Crippen LogP contribution in [0.3, 0.4) is 0 Å². The summed E-state index contributed by atoms with van der Waals surface area (Å²) in [5.41, 5.74) is 2.77. The van der Waals surface area contributed by atoms with E-state index in [2.05, 4.69) is 20.3 Å². The van der Waals surface area contributed by atoms with Gasteiger partial charge in [0.05, 0.1) is 16.6 Å². The first kappa shape index (κ1) is 22.4. The summed E-state index contributed by atoms with van der Waals surface area (Å²) in [7, 11) is 3.94. The minimum atomic E-state index is -0.249. The number of azo groups is 1. The molecule has 4 aromatic rings. The lowest BCUT2D eigenvalue weighted by atomic mass is 10.2. The van der Waals surface area contributed by atoms with Crippen molar-refractivity contribution in [2.75, 3.05) is 19.0 Å². The number of para-hydroxylation sites is 1. The minimum absolute atomic E-state index is 0.249. The maximum atomic E-state index is 13.3. The van der Waals surface area contributed by atoms with Gasteiger partial charge in [0.2, 0.25) is 5.84 Å². The molecule has 0 bridgehead atoms. The van der Waals surface area contributed by atoms with Gasteiger partial charge in [-0.05, 0) is 60.7 Å². The van der Waals surface area contributed by atoms with E-state index in [0.29, 0.717) is 39.7 Å². The number of nitrogens with zero attached hydrogens (tertiary/aromatic N) is 6. The van der Waals surface area contributed by atoms with Crippen molar-refractivity contribution in [2.24, 2.45) is 15.3 Å². The molecule has 0 spiro atoms. The van der Waals surface area contributed by atoms with Crippen molar-refractivity contribution in [1.82, 2.24) is 9.66 Å². The molecule has 3 aromatic carbocycles. The average Bonchev–Trinajstić information content (AvgIpc) is 2.84. The Balaban J connectivity index is 1.87. The Morgan fingerprint density at radius 3 is 2.36 bits per heavy atom. The number of rotatable bonds is 5. The Bertz CT molecular complexity index is 1390. The lowest BCUT2D eigenvalue weighted by Crippen LogP contribution is -2.23. The topological polar surface area (TPSA) is 75.2 Å². The molecule has 0 aliphatic rings. The van der Waals surface area contributed by atoms with Crippen molar-refractivity contribution >= 4 is 39.7 Å². The van der Waals surface area contributed by atoms with Crippen LogP contribution < -0.4 is 10.5 Å². The number of halogens is 1. The predicted molar refractivity (Wildman–Crippen MR) is 134 cm³/mol. The van der Waals surface area contributed by atoms with Gasteiger partial charge >= 0.3 is 0 Å². The first-order valence-electron chi connectivity index (χ1n) is 10.5. The van der Waals surface area contributed by atoms with Crippen LogP contribution in [0.15, 0.2) is 92.9 Å². The van der Waals surface area contributed by atoms with Gasteiger partial charge < -0.3 is 4.90 Å². The highest BCUT2D eigenvalue weighted by molar-refractivity contribution is 6.30. The molecule has 1 aromatic heterocycles. The minimum Gasteiger partial charge on any atom is -0.378 e. The zero-order valence-corrected chi connectivity index (χ0v) is 19.4. The van der Waals surface area contributed by atoms with Crippen molar-refractivity contribution in [2.45, 2.75) is 13.3 Å². The maximum absolute atomic E-state index is 13.3. The molecule has 1 heterocycles. The zero-order valence-electron chi connectivity index (χ0n) is 18.6. The Morgan fingerprint density at radius 1 is 1.00 bits per heavy atom. The summed E-state index contributed by atoms with van der Waals surface area (Å²) >= 11 is 5.97. The number of anilines is 1. The third-order valence-electron chi connectivity index (χ3n) is 5.06. The summed E-state index contributed by atoms with van der Waals surface area (Å²) in [5.74, 6) is 0.840. The summed E-state index contributed by atoms with van der Waals surface area (Å²) in [5, 5.41) is 14.4. The largest absolute Gasteiger partial charge is 0.378 e. The van der Waals surface area contributed by atoms with E-state index in [1.54, 1.807) is 30.3 Å².